The van der Waals surface area contributed by atoms with E-state index in [4.69, 9.17) is 0 Å². The van der Waals surface area contributed by atoms with E-state index in [0.717, 1.165) is 23.3 Å². The zero-order valence-electron chi connectivity index (χ0n) is 15.7. The lowest BCUT2D eigenvalue weighted by molar-refractivity contribution is 0.0950. The predicted molar refractivity (Wildman–Crippen MR) is 107 cm³/mol. The topological polar surface area (TPSA) is 96.6 Å². The molecule has 0 aliphatic heterocycles. The number of amides is 1. The van der Waals surface area contributed by atoms with E-state index in [1.165, 1.54) is 6.20 Å². The van der Waals surface area contributed by atoms with Gasteiger partial charge in [0.05, 0.1) is 16.4 Å². The highest BCUT2D eigenvalue weighted by molar-refractivity contribution is 7.85. The molecule has 28 heavy (non-hydrogen) atoms. The van der Waals surface area contributed by atoms with Gasteiger partial charge in [-0.3, -0.25) is 13.4 Å². The Labute approximate surface area is 166 Å². The predicted octanol–water partition coefficient (Wildman–Crippen LogP) is 2.32. The van der Waals surface area contributed by atoms with Crippen molar-refractivity contribution in [2.24, 2.45) is 0 Å². The van der Waals surface area contributed by atoms with Gasteiger partial charge in [0, 0.05) is 48.1 Å². The van der Waals surface area contributed by atoms with Crippen LogP contribution in [0.4, 0.5) is 0 Å². The van der Waals surface area contributed by atoms with E-state index in [2.05, 4.69) is 15.3 Å². The van der Waals surface area contributed by atoms with Crippen LogP contribution in [0.2, 0.25) is 0 Å². The molecule has 1 aromatic carbocycles. The number of carbonyl (C=O) groups is 1. The first-order chi connectivity index (χ1) is 13.6. The molecule has 3 rings (SSSR count). The highest BCUT2D eigenvalue weighted by Gasteiger charge is 2.17. The minimum absolute atomic E-state index is 0.0360. The number of nitrogens with one attached hydrogen (secondary N) is 1. The zero-order valence-corrected chi connectivity index (χ0v) is 16.6. The Balaban J connectivity index is 1.60. The first-order valence-corrected chi connectivity index (χ1v) is 10.5. The summed E-state index contributed by atoms with van der Waals surface area (Å²) < 4.78 is 14.4. The summed E-state index contributed by atoms with van der Waals surface area (Å²) in [6.45, 7) is 2.45. The molecule has 1 amide bonds. The molecule has 0 saturated heterocycles. The summed E-state index contributed by atoms with van der Waals surface area (Å²) in [5.74, 6) is 0.324. The lowest BCUT2D eigenvalue weighted by Gasteiger charge is -2.15. The van der Waals surface area contributed by atoms with Crippen LogP contribution in [0.1, 0.15) is 42.1 Å². The number of aliphatic hydroxyl groups is 1. The SMILES string of the molecule is CCCC(CCO)S(=O)c1ccc(CNC(=O)c2cnc3nccn3c2)cc1. The normalized spacial score (nSPS) is 13.4. The fourth-order valence-corrected chi connectivity index (χ4v) is 4.53. The van der Waals surface area contributed by atoms with Gasteiger partial charge in [-0.05, 0) is 30.5 Å². The van der Waals surface area contributed by atoms with E-state index in [-0.39, 0.29) is 17.8 Å². The van der Waals surface area contributed by atoms with Crippen molar-refractivity contribution in [3.05, 3.63) is 60.2 Å². The Morgan fingerprint density at radius 2 is 2.04 bits per heavy atom. The molecule has 0 aliphatic carbocycles. The second-order valence-corrected chi connectivity index (χ2v) is 8.26. The van der Waals surface area contributed by atoms with Crippen molar-refractivity contribution in [2.75, 3.05) is 6.61 Å². The molecular formula is C20H24N4O3S. The number of rotatable bonds is 9. The zero-order chi connectivity index (χ0) is 19.9. The van der Waals surface area contributed by atoms with Crippen molar-refractivity contribution in [3.8, 4) is 0 Å². The quantitative estimate of drug-likeness (QED) is 0.575. The minimum atomic E-state index is -1.15. The molecule has 148 valence electrons. The summed E-state index contributed by atoms with van der Waals surface area (Å²) in [7, 11) is -1.15. The van der Waals surface area contributed by atoms with Gasteiger partial charge < -0.3 is 10.4 Å². The third-order valence-corrected chi connectivity index (χ3v) is 6.29. The van der Waals surface area contributed by atoms with Crippen molar-refractivity contribution in [1.82, 2.24) is 19.7 Å². The fraction of sp³-hybridized carbons (Fsp3) is 0.350. The number of benzene rings is 1. The number of carbonyl (C=O) groups excluding carboxylic acids is 1. The highest BCUT2D eigenvalue weighted by Crippen LogP contribution is 2.18. The molecule has 0 spiro atoms. The molecule has 8 heteroatoms. The minimum Gasteiger partial charge on any atom is -0.396 e. The van der Waals surface area contributed by atoms with Gasteiger partial charge in [-0.15, -0.1) is 0 Å². The van der Waals surface area contributed by atoms with E-state index >= 15 is 0 Å². The maximum atomic E-state index is 12.7. The average molecular weight is 401 g/mol. The first-order valence-electron chi connectivity index (χ1n) is 9.29. The van der Waals surface area contributed by atoms with Crippen molar-refractivity contribution >= 4 is 22.5 Å². The van der Waals surface area contributed by atoms with E-state index in [1.54, 1.807) is 23.0 Å². The van der Waals surface area contributed by atoms with Gasteiger partial charge in [-0.2, -0.15) is 0 Å². The van der Waals surface area contributed by atoms with Crippen molar-refractivity contribution in [2.45, 2.75) is 42.9 Å². The van der Waals surface area contributed by atoms with E-state index in [0.29, 0.717) is 24.3 Å². The number of nitrogens with zero attached hydrogens (tertiary/aromatic N) is 3. The highest BCUT2D eigenvalue weighted by atomic mass is 32.2. The molecule has 7 nitrogen and oxygen atoms in total. The largest absolute Gasteiger partial charge is 0.396 e. The smallest absolute Gasteiger partial charge is 0.254 e. The van der Waals surface area contributed by atoms with Crippen LogP contribution >= 0.6 is 0 Å². The van der Waals surface area contributed by atoms with Crippen molar-refractivity contribution < 1.29 is 14.1 Å². The molecular weight excluding hydrogens is 376 g/mol. The third kappa shape index (κ3) is 4.82. The van der Waals surface area contributed by atoms with Crippen LogP contribution < -0.4 is 5.32 Å². The van der Waals surface area contributed by atoms with Crippen LogP contribution in [0.5, 0.6) is 0 Å². The molecule has 0 saturated carbocycles. The van der Waals surface area contributed by atoms with Gasteiger partial charge in [0.25, 0.3) is 5.91 Å². The van der Waals surface area contributed by atoms with Crippen LogP contribution in [-0.2, 0) is 17.3 Å². The molecule has 0 aliphatic rings. The Bertz CT molecular complexity index is 949. The second-order valence-electron chi connectivity index (χ2n) is 6.52. The fourth-order valence-electron chi connectivity index (χ4n) is 2.98. The maximum absolute atomic E-state index is 12.7. The Morgan fingerprint density at radius 3 is 2.75 bits per heavy atom. The molecule has 2 heterocycles. The molecule has 3 aromatic rings. The number of fused-ring (bicyclic) bond motifs is 1. The molecule has 2 aromatic heterocycles. The van der Waals surface area contributed by atoms with Crippen molar-refractivity contribution in [1.29, 1.82) is 0 Å². The third-order valence-electron chi connectivity index (χ3n) is 4.48. The average Bonchev–Trinajstić information content (AvgIpc) is 3.19. The lowest BCUT2D eigenvalue weighted by atomic mass is 10.2. The van der Waals surface area contributed by atoms with Gasteiger partial charge in [0.2, 0.25) is 5.78 Å². The van der Waals surface area contributed by atoms with Crippen LogP contribution in [0.25, 0.3) is 5.78 Å². The summed E-state index contributed by atoms with van der Waals surface area (Å²) in [4.78, 5) is 21.3. The maximum Gasteiger partial charge on any atom is 0.254 e. The Kier molecular flexibility index (Phi) is 6.89. The van der Waals surface area contributed by atoms with Crippen LogP contribution in [-0.4, -0.2) is 41.4 Å². The van der Waals surface area contributed by atoms with Crippen molar-refractivity contribution in [3.63, 3.8) is 0 Å². The Hall–Kier alpha value is -2.58. The number of imidazole rings is 1. The number of hydrogen-bond donors (Lipinski definition) is 2. The number of aromatic nitrogens is 3. The monoisotopic (exact) mass is 400 g/mol. The van der Waals surface area contributed by atoms with Gasteiger partial charge in [0.1, 0.15) is 0 Å². The van der Waals surface area contributed by atoms with Gasteiger partial charge in [-0.25, -0.2) is 9.97 Å². The van der Waals surface area contributed by atoms with Gasteiger partial charge in [-0.1, -0.05) is 25.5 Å². The number of hydrogen-bond acceptors (Lipinski definition) is 5. The molecule has 0 bridgehead atoms. The number of aliphatic hydroxyl groups excluding tert-OH is 1. The molecule has 2 atom stereocenters. The first kappa shape index (κ1) is 20.2. The van der Waals surface area contributed by atoms with Gasteiger partial charge >= 0.3 is 0 Å². The van der Waals surface area contributed by atoms with Crippen LogP contribution in [0.15, 0.2) is 53.9 Å². The van der Waals surface area contributed by atoms with Crippen LogP contribution in [0.3, 0.4) is 0 Å². The van der Waals surface area contributed by atoms with Gasteiger partial charge in [0.15, 0.2) is 0 Å². The van der Waals surface area contributed by atoms with E-state index in [9.17, 15) is 14.1 Å². The molecule has 0 fully saturated rings. The molecule has 2 N–H and O–H groups in total. The standard InChI is InChI=1S/C20H24N4O3S/c1-2-3-17(8-11-25)28(27)18-6-4-15(5-7-18)12-22-19(26)16-13-23-20-21-9-10-24(20)14-16/h4-7,9-10,13-14,17,25H,2-3,8,11-12H2,1H3,(H,22,26). The molecule has 2 unspecified atom stereocenters. The van der Waals surface area contributed by atoms with E-state index in [1.807, 2.05) is 31.2 Å². The summed E-state index contributed by atoms with van der Waals surface area (Å²) >= 11 is 0. The second kappa shape index (κ2) is 9.57. The summed E-state index contributed by atoms with van der Waals surface area (Å²) in [6.07, 6.45) is 8.83. The molecule has 0 radical (unpaired) electrons. The summed E-state index contributed by atoms with van der Waals surface area (Å²) in [6, 6.07) is 7.40. The van der Waals surface area contributed by atoms with Crippen LogP contribution in [0, 0.1) is 0 Å². The lowest BCUT2D eigenvalue weighted by Crippen LogP contribution is -2.23. The summed E-state index contributed by atoms with van der Waals surface area (Å²) in [5.41, 5.74) is 1.37. The Morgan fingerprint density at radius 1 is 1.25 bits per heavy atom. The van der Waals surface area contributed by atoms with E-state index < -0.39 is 10.8 Å². The summed E-state index contributed by atoms with van der Waals surface area (Å²) in [5, 5.41) is 12.0.